The largest absolute Gasteiger partial charge is 0.508 e. The highest BCUT2D eigenvalue weighted by Gasteiger charge is 2.33. The first-order valence-electron chi connectivity index (χ1n) is 13.9. The average Bonchev–Trinajstić information content (AvgIpc) is 2.93. The Balaban J connectivity index is 1.40. The van der Waals surface area contributed by atoms with Gasteiger partial charge in [-0.2, -0.15) is 0 Å². The fourth-order valence-corrected chi connectivity index (χ4v) is 4.76. The number of aromatic hydroxyl groups is 1. The van der Waals surface area contributed by atoms with Gasteiger partial charge in [0, 0.05) is 17.8 Å². The zero-order valence-electron chi connectivity index (χ0n) is 25.2. The lowest BCUT2D eigenvalue weighted by atomic mass is 9.78. The maximum atomic E-state index is 13.1. The monoisotopic (exact) mass is 566 g/mol. The van der Waals surface area contributed by atoms with Gasteiger partial charge in [-0.1, -0.05) is 76.2 Å². The van der Waals surface area contributed by atoms with Gasteiger partial charge in [-0.3, -0.25) is 4.79 Å². The van der Waals surface area contributed by atoms with Gasteiger partial charge in [-0.05, 0) is 84.6 Å². The summed E-state index contributed by atoms with van der Waals surface area (Å²) >= 11 is 0. The van der Waals surface area contributed by atoms with Crippen molar-refractivity contribution in [3.05, 3.63) is 119 Å². The van der Waals surface area contributed by atoms with Crippen molar-refractivity contribution in [2.75, 3.05) is 0 Å². The molecule has 0 spiro atoms. The van der Waals surface area contributed by atoms with Crippen LogP contribution in [-0.2, 0) is 20.4 Å². The fraction of sp³-hybridized carbons (Fsp3) is 0.278. The Morgan fingerprint density at radius 1 is 0.524 bits per heavy atom. The third-order valence-electron chi connectivity index (χ3n) is 7.65. The predicted molar refractivity (Wildman–Crippen MR) is 163 cm³/mol. The van der Waals surface area contributed by atoms with Crippen molar-refractivity contribution in [1.29, 1.82) is 0 Å². The molecule has 0 aliphatic heterocycles. The quantitative estimate of drug-likeness (QED) is 0.165. The molecule has 0 unspecified atom stereocenters. The molecule has 0 aliphatic carbocycles. The maximum absolute atomic E-state index is 13.1. The predicted octanol–water partition coefficient (Wildman–Crippen LogP) is 7.73. The van der Waals surface area contributed by atoms with E-state index in [4.69, 9.17) is 14.2 Å². The molecule has 0 bridgehead atoms. The minimum absolute atomic E-state index is 0.228. The number of carbonyl (C=O) groups excluding carboxylic acids is 2. The van der Waals surface area contributed by atoms with Gasteiger partial charge >= 0.3 is 11.9 Å². The Morgan fingerprint density at radius 3 is 1.24 bits per heavy atom. The normalized spacial score (nSPS) is 12.0. The summed E-state index contributed by atoms with van der Waals surface area (Å²) in [6, 6.07) is 29.7. The van der Waals surface area contributed by atoms with Crippen LogP contribution in [0.1, 0.15) is 70.7 Å². The molecule has 0 atom stereocenters. The number of ether oxygens (including phenoxy) is 3. The van der Waals surface area contributed by atoms with Crippen LogP contribution in [-0.4, -0.2) is 22.6 Å². The molecule has 0 amide bonds. The molecule has 0 fully saturated rings. The number of phenols is 1. The van der Waals surface area contributed by atoms with Gasteiger partial charge in [0.2, 0.25) is 5.60 Å². The van der Waals surface area contributed by atoms with Crippen LogP contribution in [0.15, 0.2) is 97.1 Å². The molecular weight excluding hydrogens is 528 g/mol. The number of esters is 2. The summed E-state index contributed by atoms with van der Waals surface area (Å²) in [5.41, 5.74) is 2.39. The van der Waals surface area contributed by atoms with Gasteiger partial charge in [0.25, 0.3) is 0 Å². The van der Waals surface area contributed by atoms with Crippen molar-refractivity contribution in [3.63, 3.8) is 0 Å². The molecule has 218 valence electrons. The van der Waals surface area contributed by atoms with E-state index in [0.29, 0.717) is 17.2 Å². The first-order chi connectivity index (χ1) is 19.7. The molecule has 6 nitrogen and oxygen atoms in total. The third-order valence-corrected chi connectivity index (χ3v) is 7.65. The molecular formula is C36H38O6. The average molecular weight is 567 g/mol. The number of benzene rings is 4. The molecule has 0 radical (unpaired) electrons. The maximum Gasteiger partial charge on any atom is 0.355 e. The third kappa shape index (κ3) is 6.82. The topological polar surface area (TPSA) is 82.1 Å². The van der Waals surface area contributed by atoms with Gasteiger partial charge in [-0.25, -0.2) is 4.79 Å². The second kappa shape index (κ2) is 11.7. The molecule has 4 rings (SSSR count). The van der Waals surface area contributed by atoms with Crippen LogP contribution in [0, 0.1) is 0 Å². The van der Waals surface area contributed by atoms with Crippen molar-refractivity contribution >= 4 is 11.9 Å². The summed E-state index contributed by atoms with van der Waals surface area (Å²) in [5.74, 6) is 0.852. The second-order valence-electron chi connectivity index (χ2n) is 12.0. The summed E-state index contributed by atoms with van der Waals surface area (Å²) in [4.78, 5) is 24.3. The van der Waals surface area contributed by atoms with E-state index in [0.717, 1.165) is 22.3 Å². The lowest BCUT2D eigenvalue weighted by Crippen LogP contribution is -2.41. The van der Waals surface area contributed by atoms with Crippen LogP contribution in [0.4, 0.5) is 0 Å². The van der Waals surface area contributed by atoms with Gasteiger partial charge in [0.05, 0.1) is 0 Å². The number of hydrogen-bond acceptors (Lipinski definition) is 6. The highest BCUT2D eigenvalue weighted by atomic mass is 16.6. The zero-order chi connectivity index (χ0) is 30.7. The minimum Gasteiger partial charge on any atom is -0.508 e. The van der Waals surface area contributed by atoms with Crippen LogP contribution >= 0.6 is 0 Å². The van der Waals surface area contributed by atoms with Crippen LogP contribution in [0.2, 0.25) is 0 Å². The first-order valence-corrected chi connectivity index (χ1v) is 13.9. The van der Waals surface area contributed by atoms with Crippen molar-refractivity contribution in [3.8, 4) is 23.0 Å². The zero-order valence-corrected chi connectivity index (χ0v) is 25.2. The Morgan fingerprint density at radius 2 is 0.857 bits per heavy atom. The van der Waals surface area contributed by atoms with E-state index < -0.39 is 11.6 Å². The van der Waals surface area contributed by atoms with Gasteiger partial charge in [0.15, 0.2) is 0 Å². The highest BCUT2D eigenvalue weighted by molar-refractivity contribution is 5.81. The van der Waals surface area contributed by atoms with E-state index in [1.807, 2.05) is 60.7 Å². The summed E-state index contributed by atoms with van der Waals surface area (Å²) in [6.45, 7) is 13.2. The Hall–Kier alpha value is -4.58. The SMILES string of the molecule is CC(=O)Oc1ccc(C(C)(C)c2ccc(OC(C)(C)C(=O)Oc3ccc(C(C)(C)c4ccc(O)cc4)cc3)cc2)cc1. The molecule has 0 saturated carbocycles. The van der Waals surface area contributed by atoms with Crippen molar-refractivity contribution < 1.29 is 28.9 Å². The summed E-state index contributed by atoms with van der Waals surface area (Å²) < 4.78 is 16.9. The second-order valence-corrected chi connectivity index (χ2v) is 12.0. The van der Waals surface area contributed by atoms with E-state index in [9.17, 15) is 14.7 Å². The first kappa shape index (κ1) is 30.4. The van der Waals surface area contributed by atoms with Crippen LogP contribution in [0.25, 0.3) is 0 Å². The molecule has 6 heteroatoms. The molecule has 0 aromatic heterocycles. The van der Waals surface area contributed by atoms with Crippen LogP contribution < -0.4 is 14.2 Å². The van der Waals surface area contributed by atoms with Crippen molar-refractivity contribution in [2.45, 2.75) is 64.9 Å². The summed E-state index contributed by atoms with van der Waals surface area (Å²) in [5, 5.41) is 9.62. The Kier molecular flexibility index (Phi) is 8.48. The minimum atomic E-state index is -1.23. The van der Waals surface area contributed by atoms with Gasteiger partial charge in [0.1, 0.15) is 23.0 Å². The number of phenolic OH excluding ortho intramolecular Hbond substituents is 1. The smallest absolute Gasteiger partial charge is 0.355 e. The Labute approximate surface area is 247 Å². The van der Waals surface area contributed by atoms with Crippen LogP contribution in [0.3, 0.4) is 0 Å². The van der Waals surface area contributed by atoms with Crippen molar-refractivity contribution in [2.24, 2.45) is 0 Å². The number of hydrogen-bond donors (Lipinski definition) is 1. The molecule has 1 N–H and O–H groups in total. The Bertz CT molecular complexity index is 1530. The number of carbonyl (C=O) groups is 2. The fourth-order valence-electron chi connectivity index (χ4n) is 4.76. The molecule has 0 heterocycles. The standard InChI is InChI=1S/C36H38O6/c1-24(37)40-30-18-10-26(11-19-30)35(4,5)28-14-22-32(23-15-28)42-36(6,7)33(39)41-31-20-12-27(13-21-31)34(2,3)25-8-16-29(38)17-9-25/h8-23,38H,1-7H3. The summed E-state index contributed by atoms with van der Waals surface area (Å²) in [6.07, 6.45) is 0. The van der Waals surface area contributed by atoms with Crippen molar-refractivity contribution in [1.82, 2.24) is 0 Å². The molecule has 0 saturated heterocycles. The summed E-state index contributed by atoms with van der Waals surface area (Å²) in [7, 11) is 0. The molecule has 4 aromatic carbocycles. The molecule has 4 aromatic rings. The van der Waals surface area contributed by atoms with E-state index in [-0.39, 0.29) is 22.5 Å². The van der Waals surface area contributed by atoms with Gasteiger partial charge in [-0.15, -0.1) is 0 Å². The van der Waals surface area contributed by atoms with Gasteiger partial charge < -0.3 is 19.3 Å². The molecule has 42 heavy (non-hydrogen) atoms. The number of rotatable bonds is 9. The van der Waals surface area contributed by atoms with E-state index >= 15 is 0 Å². The van der Waals surface area contributed by atoms with Crippen LogP contribution in [0.5, 0.6) is 23.0 Å². The molecule has 0 aliphatic rings. The lowest BCUT2D eigenvalue weighted by molar-refractivity contribution is -0.149. The van der Waals surface area contributed by atoms with E-state index in [1.165, 1.54) is 6.92 Å². The van der Waals surface area contributed by atoms with E-state index in [2.05, 4.69) is 27.7 Å². The lowest BCUT2D eigenvalue weighted by Gasteiger charge is -2.28. The van der Waals surface area contributed by atoms with E-state index in [1.54, 1.807) is 50.2 Å². The highest BCUT2D eigenvalue weighted by Crippen LogP contribution is 2.35.